The van der Waals surface area contributed by atoms with Gasteiger partial charge in [-0.3, -0.25) is 4.79 Å². The van der Waals surface area contributed by atoms with Crippen molar-refractivity contribution in [1.82, 2.24) is 5.32 Å². The molecule has 0 saturated carbocycles. The van der Waals surface area contributed by atoms with Crippen LogP contribution in [0.25, 0.3) is 0 Å². The number of hydrogen-bond acceptors (Lipinski definition) is 4. The molecule has 100 valence electrons. The van der Waals surface area contributed by atoms with Crippen molar-refractivity contribution in [3.05, 3.63) is 35.9 Å². The molecule has 0 radical (unpaired) electrons. The molecule has 18 heavy (non-hydrogen) atoms. The van der Waals surface area contributed by atoms with Crippen molar-refractivity contribution in [2.75, 3.05) is 20.3 Å². The third-order valence-electron chi connectivity index (χ3n) is 2.58. The highest BCUT2D eigenvalue weighted by atomic mass is 16.5. The summed E-state index contributed by atoms with van der Waals surface area (Å²) in [5.74, 6) is -0.245. The Morgan fingerprint density at radius 2 is 2.11 bits per heavy atom. The molecule has 1 amide bonds. The molecular formula is C13H20N2O3. The normalized spacial score (nSPS) is 13.9. The summed E-state index contributed by atoms with van der Waals surface area (Å²) in [7, 11) is 1.52. The Labute approximate surface area is 107 Å². The van der Waals surface area contributed by atoms with E-state index in [0.717, 1.165) is 5.56 Å². The molecule has 5 nitrogen and oxygen atoms in total. The molecule has 0 bridgehead atoms. The van der Waals surface area contributed by atoms with E-state index in [1.165, 1.54) is 7.11 Å². The number of ether oxygens (including phenoxy) is 1. The Kier molecular flexibility index (Phi) is 6.35. The average molecular weight is 252 g/mol. The smallest absolute Gasteiger partial charge is 0.241 e. The number of nitrogens with two attached hydrogens (primary N) is 1. The molecule has 0 saturated heterocycles. The maximum atomic E-state index is 11.7. The van der Waals surface area contributed by atoms with Gasteiger partial charge in [-0.1, -0.05) is 30.3 Å². The van der Waals surface area contributed by atoms with E-state index < -0.39 is 12.1 Å². The van der Waals surface area contributed by atoms with Crippen molar-refractivity contribution in [1.29, 1.82) is 0 Å². The van der Waals surface area contributed by atoms with Crippen molar-refractivity contribution < 1.29 is 14.6 Å². The van der Waals surface area contributed by atoms with Gasteiger partial charge in [0.05, 0.1) is 12.7 Å². The Hall–Kier alpha value is -1.43. The van der Waals surface area contributed by atoms with E-state index in [1.807, 2.05) is 30.3 Å². The van der Waals surface area contributed by atoms with Crippen molar-refractivity contribution >= 4 is 5.91 Å². The predicted molar refractivity (Wildman–Crippen MR) is 68.9 cm³/mol. The highest BCUT2D eigenvalue weighted by Crippen LogP contribution is 2.09. The van der Waals surface area contributed by atoms with Crippen LogP contribution in [0.3, 0.4) is 0 Å². The molecule has 0 aliphatic heterocycles. The predicted octanol–water partition coefficient (Wildman–Crippen LogP) is 0.200. The molecule has 1 rings (SSSR count). The first-order valence-electron chi connectivity index (χ1n) is 5.90. The summed E-state index contributed by atoms with van der Waals surface area (Å²) in [6.45, 7) is 0.643. The second kappa shape index (κ2) is 7.81. The van der Waals surface area contributed by atoms with Gasteiger partial charge in [0.1, 0.15) is 6.04 Å². The molecule has 0 heterocycles. The van der Waals surface area contributed by atoms with Crippen LogP contribution in [0.1, 0.15) is 18.0 Å². The van der Waals surface area contributed by atoms with Gasteiger partial charge in [-0.15, -0.1) is 0 Å². The SMILES string of the molecule is COCC(O)CCNC(=O)[C@H](N)c1ccccc1. The Morgan fingerprint density at radius 1 is 1.44 bits per heavy atom. The van der Waals surface area contributed by atoms with Crippen LogP contribution in [-0.2, 0) is 9.53 Å². The Bertz CT molecular complexity index is 357. The third-order valence-corrected chi connectivity index (χ3v) is 2.58. The second-order valence-electron chi connectivity index (χ2n) is 4.08. The number of rotatable bonds is 7. The average Bonchev–Trinajstić information content (AvgIpc) is 2.39. The third kappa shape index (κ3) is 4.83. The molecule has 0 spiro atoms. The zero-order chi connectivity index (χ0) is 13.4. The number of aliphatic hydroxyl groups is 1. The van der Waals surface area contributed by atoms with Crippen LogP contribution in [0.5, 0.6) is 0 Å². The van der Waals surface area contributed by atoms with Crippen LogP contribution in [0.2, 0.25) is 0 Å². The van der Waals surface area contributed by atoms with Gasteiger partial charge in [-0.25, -0.2) is 0 Å². The van der Waals surface area contributed by atoms with E-state index >= 15 is 0 Å². The summed E-state index contributed by atoms with van der Waals surface area (Å²) in [6, 6.07) is 8.49. The van der Waals surface area contributed by atoms with Crippen LogP contribution >= 0.6 is 0 Å². The number of methoxy groups -OCH3 is 1. The molecule has 0 aliphatic rings. The van der Waals surface area contributed by atoms with E-state index in [9.17, 15) is 9.90 Å². The number of aliphatic hydroxyl groups excluding tert-OH is 1. The van der Waals surface area contributed by atoms with Gasteiger partial charge < -0.3 is 20.9 Å². The minimum absolute atomic E-state index is 0.245. The Balaban J connectivity index is 2.33. The molecule has 0 fully saturated rings. The molecule has 1 aromatic carbocycles. The highest BCUT2D eigenvalue weighted by molar-refractivity contribution is 5.82. The molecular weight excluding hydrogens is 232 g/mol. The highest BCUT2D eigenvalue weighted by Gasteiger charge is 2.15. The molecule has 4 N–H and O–H groups in total. The van der Waals surface area contributed by atoms with E-state index in [-0.39, 0.29) is 12.5 Å². The minimum atomic E-state index is -0.675. The van der Waals surface area contributed by atoms with Gasteiger partial charge in [0.2, 0.25) is 5.91 Å². The first-order valence-corrected chi connectivity index (χ1v) is 5.90. The number of hydrogen-bond donors (Lipinski definition) is 3. The van der Waals surface area contributed by atoms with Crippen molar-refractivity contribution in [3.8, 4) is 0 Å². The van der Waals surface area contributed by atoms with Crippen LogP contribution < -0.4 is 11.1 Å². The van der Waals surface area contributed by atoms with Crippen LogP contribution in [0, 0.1) is 0 Å². The largest absolute Gasteiger partial charge is 0.391 e. The lowest BCUT2D eigenvalue weighted by molar-refractivity contribution is -0.122. The molecule has 1 unspecified atom stereocenters. The van der Waals surface area contributed by atoms with E-state index in [2.05, 4.69) is 5.32 Å². The van der Waals surface area contributed by atoms with Gasteiger partial charge >= 0.3 is 0 Å². The van der Waals surface area contributed by atoms with Gasteiger partial charge in [-0.05, 0) is 12.0 Å². The number of carbonyl (C=O) groups is 1. The zero-order valence-corrected chi connectivity index (χ0v) is 10.5. The quantitative estimate of drug-likeness (QED) is 0.647. The number of carbonyl (C=O) groups excluding carboxylic acids is 1. The van der Waals surface area contributed by atoms with Gasteiger partial charge in [-0.2, -0.15) is 0 Å². The van der Waals surface area contributed by atoms with Gasteiger partial charge in [0, 0.05) is 13.7 Å². The summed E-state index contributed by atoms with van der Waals surface area (Å²) in [5, 5.41) is 12.1. The van der Waals surface area contributed by atoms with E-state index in [1.54, 1.807) is 0 Å². The lowest BCUT2D eigenvalue weighted by atomic mass is 10.1. The van der Waals surface area contributed by atoms with Crippen molar-refractivity contribution in [2.24, 2.45) is 5.73 Å². The Morgan fingerprint density at radius 3 is 2.72 bits per heavy atom. The lowest BCUT2D eigenvalue weighted by Gasteiger charge is -2.14. The summed E-state index contributed by atoms with van der Waals surface area (Å²) in [4.78, 5) is 11.7. The zero-order valence-electron chi connectivity index (χ0n) is 10.5. The summed E-state index contributed by atoms with van der Waals surface area (Å²) >= 11 is 0. The van der Waals surface area contributed by atoms with E-state index in [4.69, 9.17) is 10.5 Å². The lowest BCUT2D eigenvalue weighted by Crippen LogP contribution is -2.36. The van der Waals surface area contributed by atoms with Crippen molar-refractivity contribution in [3.63, 3.8) is 0 Å². The fourth-order valence-electron chi connectivity index (χ4n) is 1.56. The second-order valence-corrected chi connectivity index (χ2v) is 4.08. The summed E-state index contributed by atoms with van der Waals surface area (Å²) in [6.07, 6.45) is -0.121. The maximum absolute atomic E-state index is 11.7. The van der Waals surface area contributed by atoms with Gasteiger partial charge in [0.25, 0.3) is 0 Å². The van der Waals surface area contributed by atoms with Gasteiger partial charge in [0.15, 0.2) is 0 Å². The van der Waals surface area contributed by atoms with Crippen LogP contribution in [0.4, 0.5) is 0 Å². The topological polar surface area (TPSA) is 84.6 Å². The first kappa shape index (κ1) is 14.6. The molecule has 0 aromatic heterocycles. The minimum Gasteiger partial charge on any atom is -0.391 e. The fraction of sp³-hybridized carbons (Fsp3) is 0.462. The number of nitrogens with one attached hydrogen (secondary N) is 1. The maximum Gasteiger partial charge on any atom is 0.241 e. The van der Waals surface area contributed by atoms with Crippen LogP contribution in [-0.4, -0.2) is 37.4 Å². The molecule has 1 aromatic rings. The molecule has 0 aliphatic carbocycles. The standard InChI is InChI=1S/C13H20N2O3/c1-18-9-11(16)7-8-15-13(17)12(14)10-5-3-2-4-6-10/h2-6,11-12,16H,7-9,14H2,1H3,(H,15,17)/t11?,12-/m1/s1. The monoisotopic (exact) mass is 252 g/mol. The first-order chi connectivity index (χ1) is 8.65. The number of amides is 1. The summed E-state index contributed by atoms with van der Waals surface area (Å²) in [5.41, 5.74) is 6.59. The van der Waals surface area contributed by atoms with Crippen LogP contribution in [0.15, 0.2) is 30.3 Å². The number of benzene rings is 1. The van der Waals surface area contributed by atoms with Crippen molar-refractivity contribution in [2.45, 2.75) is 18.6 Å². The van der Waals surface area contributed by atoms with E-state index in [0.29, 0.717) is 13.0 Å². The summed E-state index contributed by atoms with van der Waals surface area (Å²) < 4.78 is 4.79. The molecule has 5 heteroatoms. The fourth-order valence-corrected chi connectivity index (χ4v) is 1.56. The molecule has 2 atom stereocenters.